The van der Waals surface area contributed by atoms with Crippen LogP contribution in [0.3, 0.4) is 0 Å². The standard InChI is InChI=1S/C13H14ClNO3/c1-13(2)11(17-3)10(15-18-13)8-4-6-9(7-5-8)12(14)16/h4-7,11H,1-3H3. The highest BCUT2D eigenvalue weighted by Gasteiger charge is 2.42. The molecular formula is C13H14ClNO3. The fourth-order valence-electron chi connectivity index (χ4n) is 1.96. The molecule has 0 bridgehead atoms. The molecule has 0 aliphatic carbocycles. The number of methoxy groups -OCH3 is 1. The van der Waals surface area contributed by atoms with Gasteiger partial charge in [0.25, 0.3) is 5.24 Å². The van der Waals surface area contributed by atoms with Crippen LogP contribution in [0.15, 0.2) is 29.4 Å². The van der Waals surface area contributed by atoms with Crippen molar-refractivity contribution < 1.29 is 14.4 Å². The Balaban J connectivity index is 2.30. The van der Waals surface area contributed by atoms with Gasteiger partial charge in [-0.05, 0) is 37.6 Å². The number of oxime groups is 1. The van der Waals surface area contributed by atoms with Crippen LogP contribution in [0.4, 0.5) is 0 Å². The van der Waals surface area contributed by atoms with E-state index in [1.165, 1.54) is 0 Å². The average Bonchev–Trinajstić information content (AvgIpc) is 2.64. The molecular weight excluding hydrogens is 254 g/mol. The number of hydrogen-bond acceptors (Lipinski definition) is 4. The van der Waals surface area contributed by atoms with Crippen molar-refractivity contribution in [2.75, 3.05) is 7.11 Å². The molecule has 5 heteroatoms. The summed E-state index contributed by atoms with van der Waals surface area (Å²) in [6.45, 7) is 3.82. The minimum Gasteiger partial charge on any atom is -0.386 e. The normalized spacial score (nSPS) is 21.3. The maximum absolute atomic E-state index is 11.0. The Morgan fingerprint density at radius 1 is 1.39 bits per heavy atom. The third-order valence-electron chi connectivity index (χ3n) is 2.90. The molecule has 0 amide bonds. The minimum absolute atomic E-state index is 0.241. The number of carbonyl (C=O) groups excluding carboxylic acids is 1. The van der Waals surface area contributed by atoms with Gasteiger partial charge in [0.1, 0.15) is 11.8 Å². The first-order chi connectivity index (χ1) is 8.45. The molecule has 1 aromatic rings. The smallest absolute Gasteiger partial charge is 0.252 e. The van der Waals surface area contributed by atoms with E-state index < -0.39 is 10.8 Å². The van der Waals surface area contributed by atoms with Crippen molar-refractivity contribution in [2.45, 2.75) is 25.6 Å². The lowest BCUT2D eigenvalue weighted by atomic mass is 9.94. The molecule has 96 valence electrons. The zero-order valence-electron chi connectivity index (χ0n) is 10.4. The Kier molecular flexibility index (Phi) is 3.41. The monoisotopic (exact) mass is 267 g/mol. The van der Waals surface area contributed by atoms with Crippen LogP contribution >= 0.6 is 11.6 Å². The molecule has 0 fully saturated rings. The number of benzene rings is 1. The van der Waals surface area contributed by atoms with Crippen molar-refractivity contribution in [3.05, 3.63) is 35.4 Å². The summed E-state index contributed by atoms with van der Waals surface area (Å²) in [6.07, 6.45) is -0.241. The molecule has 1 aliphatic heterocycles. The summed E-state index contributed by atoms with van der Waals surface area (Å²) in [6, 6.07) is 6.88. The summed E-state index contributed by atoms with van der Waals surface area (Å²) in [5.41, 5.74) is 1.53. The molecule has 0 spiro atoms. The zero-order valence-corrected chi connectivity index (χ0v) is 11.2. The molecule has 18 heavy (non-hydrogen) atoms. The van der Waals surface area contributed by atoms with E-state index in [9.17, 15) is 4.79 Å². The maximum atomic E-state index is 11.0. The van der Waals surface area contributed by atoms with Crippen LogP contribution in [-0.2, 0) is 9.57 Å². The van der Waals surface area contributed by atoms with Gasteiger partial charge in [0.15, 0.2) is 5.60 Å². The first-order valence-electron chi connectivity index (χ1n) is 5.55. The zero-order chi connectivity index (χ0) is 13.3. The van der Waals surface area contributed by atoms with Gasteiger partial charge < -0.3 is 9.57 Å². The second-order valence-corrected chi connectivity index (χ2v) is 4.98. The number of ether oxygens (including phenoxy) is 1. The van der Waals surface area contributed by atoms with E-state index >= 15 is 0 Å². The highest BCUT2D eigenvalue weighted by Crippen LogP contribution is 2.28. The maximum Gasteiger partial charge on any atom is 0.252 e. The number of carbonyl (C=O) groups is 1. The van der Waals surface area contributed by atoms with Crippen LogP contribution < -0.4 is 0 Å². The highest BCUT2D eigenvalue weighted by atomic mass is 35.5. The fraction of sp³-hybridized carbons (Fsp3) is 0.385. The molecule has 1 atom stereocenters. The van der Waals surface area contributed by atoms with Crippen LogP contribution in [0.1, 0.15) is 29.8 Å². The third-order valence-corrected chi connectivity index (χ3v) is 3.12. The SMILES string of the molecule is COC1C(c2ccc(C(=O)Cl)cc2)=NOC1(C)C. The number of rotatable bonds is 3. The van der Waals surface area contributed by atoms with E-state index in [4.69, 9.17) is 21.2 Å². The lowest BCUT2D eigenvalue weighted by molar-refractivity contribution is -0.0614. The molecule has 1 aliphatic rings. The fourth-order valence-corrected chi connectivity index (χ4v) is 2.09. The van der Waals surface area contributed by atoms with Crippen LogP contribution in [0.5, 0.6) is 0 Å². The summed E-state index contributed by atoms with van der Waals surface area (Å²) in [7, 11) is 1.62. The van der Waals surface area contributed by atoms with Gasteiger partial charge in [-0.2, -0.15) is 0 Å². The van der Waals surface area contributed by atoms with Gasteiger partial charge in [-0.25, -0.2) is 0 Å². The van der Waals surface area contributed by atoms with Gasteiger partial charge in [-0.3, -0.25) is 4.79 Å². The predicted octanol–water partition coefficient (Wildman–Crippen LogP) is 2.59. The third kappa shape index (κ3) is 2.26. The summed E-state index contributed by atoms with van der Waals surface area (Å²) in [5, 5.41) is 3.58. The Labute approximate surface area is 111 Å². The molecule has 0 radical (unpaired) electrons. The van der Waals surface area contributed by atoms with E-state index in [-0.39, 0.29) is 6.10 Å². The summed E-state index contributed by atoms with van der Waals surface area (Å²) < 4.78 is 5.42. The van der Waals surface area contributed by atoms with Gasteiger partial charge in [-0.1, -0.05) is 17.3 Å². The quantitative estimate of drug-likeness (QED) is 0.791. The Hall–Kier alpha value is -1.39. The van der Waals surface area contributed by atoms with E-state index in [0.29, 0.717) is 5.56 Å². The van der Waals surface area contributed by atoms with Crippen LogP contribution in [-0.4, -0.2) is 29.8 Å². The average molecular weight is 268 g/mol. The Bertz CT molecular complexity index is 493. The number of nitrogens with zero attached hydrogens (tertiary/aromatic N) is 1. The molecule has 0 aromatic heterocycles. The summed E-state index contributed by atoms with van der Waals surface area (Å²) in [5.74, 6) is 0. The van der Waals surface area contributed by atoms with E-state index in [0.717, 1.165) is 11.3 Å². The largest absolute Gasteiger partial charge is 0.386 e. The minimum atomic E-state index is -0.495. The second kappa shape index (κ2) is 4.71. The molecule has 1 aromatic carbocycles. The molecule has 0 N–H and O–H groups in total. The van der Waals surface area contributed by atoms with Crippen LogP contribution in [0.2, 0.25) is 0 Å². The molecule has 0 saturated carbocycles. The van der Waals surface area contributed by atoms with Gasteiger partial charge in [0.05, 0.1) is 0 Å². The Morgan fingerprint density at radius 2 is 2.00 bits per heavy atom. The first-order valence-corrected chi connectivity index (χ1v) is 5.92. The van der Waals surface area contributed by atoms with Gasteiger partial charge in [-0.15, -0.1) is 0 Å². The highest BCUT2D eigenvalue weighted by molar-refractivity contribution is 6.67. The molecule has 0 saturated heterocycles. The van der Waals surface area contributed by atoms with Crippen molar-refractivity contribution in [1.29, 1.82) is 0 Å². The molecule has 1 heterocycles. The van der Waals surface area contributed by atoms with Crippen molar-refractivity contribution in [1.82, 2.24) is 0 Å². The van der Waals surface area contributed by atoms with E-state index in [1.54, 1.807) is 31.4 Å². The van der Waals surface area contributed by atoms with Crippen molar-refractivity contribution in [3.8, 4) is 0 Å². The number of hydrogen-bond donors (Lipinski definition) is 0. The lowest BCUT2D eigenvalue weighted by Gasteiger charge is -2.23. The predicted molar refractivity (Wildman–Crippen MR) is 69.1 cm³/mol. The summed E-state index contributed by atoms with van der Waals surface area (Å²) in [4.78, 5) is 16.3. The summed E-state index contributed by atoms with van der Waals surface area (Å²) >= 11 is 5.40. The van der Waals surface area contributed by atoms with Crippen molar-refractivity contribution >= 4 is 22.6 Å². The lowest BCUT2D eigenvalue weighted by Crippen LogP contribution is -2.39. The van der Waals surface area contributed by atoms with Crippen LogP contribution in [0.25, 0.3) is 0 Å². The molecule has 4 nitrogen and oxygen atoms in total. The van der Waals surface area contributed by atoms with Gasteiger partial charge >= 0.3 is 0 Å². The van der Waals surface area contributed by atoms with Gasteiger partial charge in [0, 0.05) is 18.2 Å². The topological polar surface area (TPSA) is 47.9 Å². The molecule has 2 rings (SSSR count). The number of halogens is 1. The van der Waals surface area contributed by atoms with E-state index in [1.807, 2.05) is 13.8 Å². The molecule has 1 unspecified atom stereocenters. The first kappa shape index (κ1) is 13.1. The van der Waals surface area contributed by atoms with Crippen LogP contribution in [0, 0.1) is 0 Å². The second-order valence-electron chi connectivity index (χ2n) is 4.64. The van der Waals surface area contributed by atoms with Crippen molar-refractivity contribution in [3.63, 3.8) is 0 Å². The van der Waals surface area contributed by atoms with Crippen molar-refractivity contribution in [2.24, 2.45) is 5.16 Å². The van der Waals surface area contributed by atoms with E-state index in [2.05, 4.69) is 5.16 Å². The van der Waals surface area contributed by atoms with Gasteiger partial charge in [0.2, 0.25) is 0 Å². The Morgan fingerprint density at radius 3 is 2.50 bits per heavy atom.